The van der Waals surface area contributed by atoms with Crippen LogP contribution in [-0.4, -0.2) is 22.1 Å². The lowest BCUT2D eigenvalue weighted by Crippen LogP contribution is -2.40. The number of hydrogen-bond acceptors (Lipinski definition) is 3. The Morgan fingerprint density at radius 2 is 1.62 bits per heavy atom. The van der Waals surface area contributed by atoms with Crippen molar-refractivity contribution in [1.29, 1.82) is 0 Å². The van der Waals surface area contributed by atoms with Gasteiger partial charge in [0.25, 0.3) is 5.56 Å². The number of fused-ring (bicyclic) bond motifs is 1. The quantitative estimate of drug-likeness (QED) is 0.437. The highest BCUT2D eigenvalue weighted by Gasteiger charge is 2.14. The van der Waals surface area contributed by atoms with Gasteiger partial charge in [0.2, 0.25) is 5.91 Å². The number of nitrogens with zero attached hydrogens (tertiary/aromatic N) is 3. The van der Waals surface area contributed by atoms with Crippen LogP contribution in [0.4, 0.5) is 5.69 Å². The lowest BCUT2D eigenvalue weighted by atomic mass is 10.1. The van der Waals surface area contributed by atoms with E-state index in [1.165, 1.54) is 4.57 Å². The molecule has 4 rings (SSSR count). The molecule has 34 heavy (non-hydrogen) atoms. The molecule has 7 heteroatoms. The van der Waals surface area contributed by atoms with Crippen molar-refractivity contribution in [2.45, 2.75) is 25.9 Å². The highest BCUT2D eigenvalue weighted by Crippen LogP contribution is 2.19. The first-order valence-electron chi connectivity index (χ1n) is 11.0. The number of aryl methyl sites for hydroxylation is 1. The number of aromatic nitrogens is 2. The monoisotopic (exact) mass is 452 g/mol. The van der Waals surface area contributed by atoms with Crippen LogP contribution in [0.5, 0.6) is 0 Å². The largest absolute Gasteiger partial charge is 0.359 e. The van der Waals surface area contributed by atoms with E-state index in [9.17, 15) is 14.4 Å². The van der Waals surface area contributed by atoms with E-state index in [1.807, 2.05) is 54.6 Å². The summed E-state index contributed by atoms with van der Waals surface area (Å²) >= 11 is 0. The van der Waals surface area contributed by atoms with Crippen molar-refractivity contribution in [1.82, 2.24) is 14.5 Å². The SMILES string of the molecule is [C-]#[N+]c1ccc2c(=O)n(CCc3ccccc3)c(=O)n(Cc3ccc(CC(=O)NC)cc3)c2c1. The zero-order chi connectivity index (χ0) is 24.1. The number of carbonyl (C=O) groups excluding carboxylic acids is 1. The molecule has 0 aliphatic carbocycles. The fourth-order valence-electron chi connectivity index (χ4n) is 3.93. The van der Waals surface area contributed by atoms with Gasteiger partial charge in [-0.05, 0) is 29.2 Å². The first kappa shape index (κ1) is 22.7. The lowest BCUT2D eigenvalue weighted by Gasteiger charge is -2.15. The van der Waals surface area contributed by atoms with Gasteiger partial charge in [-0.25, -0.2) is 9.64 Å². The van der Waals surface area contributed by atoms with Gasteiger partial charge in [-0.3, -0.25) is 18.7 Å². The number of hydrogen-bond donors (Lipinski definition) is 1. The van der Waals surface area contributed by atoms with E-state index in [0.29, 0.717) is 23.0 Å². The Morgan fingerprint density at radius 1 is 0.912 bits per heavy atom. The van der Waals surface area contributed by atoms with Gasteiger partial charge < -0.3 is 5.32 Å². The van der Waals surface area contributed by atoms with Crippen molar-refractivity contribution in [3.8, 4) is 0 Å². The molecular formula is C27H24N4O3. The standard InChI is InChI=1S/C27H24N4O3/c1-28-22-12-13-23-24(17-22)31(18-21-10-8-20(9-11-21)16-25(32)29-2)27(34)30(26(23)33)15-14-19-6-4-3-5-7-19/h3-13,17H,14-16,18H2,2H3,(H,29,32). The van der Waals surface area contributed by atoms with Gasteiger partial charge in [-0.2, -0.15) is 0 Å². The summed E-state index contributed by atoms with van der Waals surface area (Å²) in [6.45, 7) is 7.83. The molecule has 0 atom stereocenters. The minimum absolute atomic E-state index is 0.0767. The molecule has 0 radical (unpaired) electrons. The van der Waals surface area contributed by atoms with Crippen LogP contribution < -0.4 is 16.6 Å². The van der Waals surface area contributed by atoms with Gasteiger partial charge in [0.1, 0.15) is 0 Å². The second-order valence-electron chi connectivity index (χ2n) is 8.04. The number of rotatable bonds is 7. The highest BCUT2D eigenvalue weighted by atomic mass is 16.2. The van der Waals surface area contributed by atoms with E-state index in [1.54, 1.807) is 29.8 Å². The van der Waals surface area contributed by atoms with Crippen LogP contribution in [0.3, 0.4) is 0 Å². The van der Waals surface area contributed by atoms with Crippen molar-refractivity contribution in [3.05, 3.63) is 122 Å². The van der Waals surface area contributed by atoms with Crippen LogP contribution in [0.15, 0.2) is 82.4 Å². The third-order valence-electron chi connectivity index (χ3n) is 5.81. The van der Waals surface area contributed by atoms with Crippen molar-refractivity contribution in [2.75, 3.05) is 7.05 Å². The zero-order valence-corrected chi connectivity index (χ0v) is 18.8. The second kappa shape index (κ2) is 10.0. The third-order valence-corrected chi connectivity index (χ3v) is 5.81. The first-order valence-corrected chi connectivity index (χ1v) is 11.0. The van der Waals surface area contributed by atoms with Crippen LogP contribution >= 0.6 is 0 Å². The summed E-state index contributed by atoms with van der Waals surface area (Å²) in [7, 11) is 1.60. The third kappa shape index (κ3) is 4.81. The minimum Gasteiger partial charge on any atom is -0.359 e. The number of amides is 1. The molecule has 3 aromatic carbocycles. The van der Waals surface area contributed by atoms with E-state index in [2.05, 4.69) is 10.2 Å². The first-order chi connectivity index (χ1) is 16.5. The van der Waals surface area contributed by atoms with E-state index in [-0.39, 0.29) is 31.0 Å². The summed E-state index contributed by atoms with van der Waals surface area (Å²) < 4.78 is 2.82. The van der Waals surface area contributed by atoms with E-state index in [0.717, 1.165) is 16.7 Å². The van der Waals surface area contributed by atoms with Gasteiger partial charge in [0, 0.05) is 19.1 Å². The summed E-state index contributed by atoms with van der Waals surface area (Å²) in [4.78, 5) is 41.8. The Hall–Kier alpha value is -4.44. The molecule has 0 aliphatic heterocycles. The molecule has 1 N–H and O–H groups in total. The van der Waals surface area contributed by atoms with Gasteiger partial charge in [-0.1, -0.05) is 66.7 Å². The summed E-state index contributed by atoms with van der Waals surface area (Å²) in [5, 5.41) is 3.00. The Kier molecular flexibility index (Phi) is 6.69. The Balaban J connectivity index is 1.76. The molecule has 0 aliphatic rings. The second-order valence-corrected chi connectivity index (χ2v) is 8.04. The summed E-state index contributed by atoms with van der Waals surface area (Å²) in [5.74, 6) is -0.0767. The van der Waals surface area contributed by atoms with Crippen LogP contribution in [0.2, 0.25) is 0 Å². The molecule has 0 spiro atoms. The zero-order valence-electron chi connectivity index (χ0n) is 18.8. The van der Waals surface area contributed by atoms with Gasteiger partial charge in [0.05, 0.1) is 24.9 Å². The summed E-state index contributed by atoms with van der Waals surface area (Å²) in [6, 6.07) is 22.0. The summed E-state index contributed by atoms with van der Waals surface area (Å²) in [5.41, 5.74) is 2.79. The molecule has 7 nitrogen and oxygen atoms in total. The van der Waals surface area contributed by atoms with Crippen molar-refractivity contribution < 1.29 is 4.79 Å². The predicted molar refractivity (Wildman–Crippen MR) is 132 cm³/mol. The Bertz CT molecular complexity index is 1490. The molecule has 1 aromatic heterocycles. The average molecular weight is 453 g/mol. The minimum atomic E-state index is -0.412. The number of benzene rings is 3. The predicted octanol–water partition coefficient (Wildman–Crippen LogP) is 3.29. The molecule has 0 bridgehead atoms. The van der Waals surface area contributed by atoms with Crippen LogP contribution in [-0.2, 0) is 30.7 Å². The average Bonchev–Trinajstić information content (AvgIpc) is 2.87. The van der Waals surface area contributed by atoms with E-state index < -0.39 is 5.69 Å². The van der Waals surface area contributed by atoms with Crippen molar-refractivity contribution in [2.24, 2.45) is 0 Å². The van der Waals surface area contributed by atoms with Crippen molar-refractivity contribution in [3.63, 3.8) is 0 Å². The molecule has 170 valence electrons. The van der Waals surface area contributed by atoms with Crippen LogP contribution in [0.25, 0.3) is 15.7 Å². The molecule has 0 fully saturated rings. The lowest BCUT2D eigenvalue weighted by molar-refractivity contribution is -0.119. The molecule has 0 saturated heterocycles. The van der Waals surface area contributed by atoms with Gasteiger partial charge in [-0.15, -0.1) is 0 Å². The number of carbonyl (C=O) groups is 1. The van der Waals surface area contributed by atoms with Crippen LogP contribution in [0, 0.1) is 6.57 Å². The smallest absolute Gasteiger partial charge is 0.331 e. The number of likely N-dealkylation sites (N-methyl/N-ethyl adjacent to an activating group) is 1. The maximum absolute atomic E-state index is 13.5. The molecule has 0 unspecified atom stereocenters. The topological polar surface area (TPSA) is 77.5 Å². The Labute approximate surface area is 196 Å². The molecule has 1 heterocycles. The van der Waals surface area contributed by atoms with Crippen molar-refractivity contribution >= 4 is 22.5 Å². The molecule has 0 saturated carbocycles. The molecule has 4 aromatic rings. The van der Waals surface area contributed by atoms with E-state index in [4.69, 9.17) is 6.57 Å². The summed E-state index contributed by atoms with van der Waals surface area (Å²) in [6.07, 6.45) is 0.828. The van der Waals surface area contributed by atoms with Crippen LogP contribution in [0.1, 0.15) is 16.7 Å². The maximum Gasteiger partial charge on any atom is 0.331 e. The van der Waals surface area contributed by atoms with E-state index >= 15 is 0 Å². The Morgan fingerprint density at radius 3 is 2.29 bits per heavy atom. The molecule has 1 amide bonds. The normalized spacial score (nSPS) is 10.7. The fourth-order valence-corrected chi connectivity index (χ4v) is 3.93. The maximum atomic E-state index is 13.5. The number of nitrogens with one attached hydrogen (secondary N) is 1. The molecular weight excluding hydrogens is 428 g/mol. The fraction of sp³-hybridized carbons (Fsp3) is 0.185. The van der Waals surface area contributed by atoms with Gasteiger partial charge in [0.15, 0.2) is 5.69 Å². The van der Waals surface area contributed by atoms with Gasteiger partial charge >= 0.3 is 5.69 Å². The highest BCUT2D eigenvalue weighted by molar-refractivity contribution is 5.82.